The number of carboxylic acids is 2. The molecular weight excluding hydrogens is 268 g/mol. The third-order valence-corrected chi connectivity index (χ3v) is 2.97. The van der Waals surface area contributed by atoms with Crippen molar-refractivity contribution in [2.75, 3.05) is 32.8 Å². The fraction of sp³-hybridized carbons (Fsp3) is 0.750. The molecule has 1 atom stereocenters. The number of carbonyl (C=O) groups excluding carboxylic acids is 1. The Morgan fingerprint density at radius 2 is 1.85 bits per heavy atom. The lowest BCUT2D eigenvalue weighted by atomic mass is 10.1. The van der Waals surface area contributed by atoms with Crippen LogP contribution in [0.25, 0.3) is 0 Å². The molecule has 0 saturated carbocycles. The number of carbonyl (C=O) groups is 3. The van der Waals surface area contributed by atoms with Gasteiger partial charge < -0.3 is 24.7 Å². The molecule has 1 rings (SSSR count). The number of piperidine rings is 1. The van der Waals surface area contributed by atoms with Crippen LogP contribution < -0.4 is 0 Å². The third kappa shape index (κ3) is 5.04. The normalized spacial score (nSPS) is 18.6. The Bertz CT molecular complexity index is 355. The van der Waals surface area contributed by atoms with E-state index in [0.717, 1.165) is 17.7 Å². The van der Waals surface area contributed by atoms with Gasteiger partial charge in [-0.25, -0.2) is 4.79 Å². The van der Waals surface area contributed by atoms with Crippen molar-refractivity contribution >= 4 is 18.0 Å². The molecule has 0 bridgehead atoms. The van der Waals surface area contributed by atoms with E-state index in [4.69, 9.17) is 14.9 Å². The molecule has 1 saturated heterocycles. The maximum Gasteiger partial charge on any atom is 0.323 e. The number of aliphatic carboxylic acids is 2. The lowest BCUT2D eigenvalue weighted by Crippen LogP contribution is -2.51. The highest BCUT2D eigenvalue weighted by molar-refractivity contribution is 5.84. The van der Waals surface area contributed by atoms with Crippen LogP contribution in [0.5, 0.6) is 0 Å². The van der Waals surface area contributed by atoms with Gasteiger partial charge in [0, 0.05) is 19.7 Å². The fourth-order valence-corrected chi connectivity index (χ4v) is 2.20. The molecule has 0 aromatic rings. The summed E-state index contributed by atoms with van der Waals surface area (Å²) in [6, 6.07) is -0.570. The van der Waals surface area contributed by atoms with E-state index < -0.39 is 31.1 Å². The number of urea groups is 1. The minimum atomic E-state index is -1.24. The predicted octanol–water partition coefficient (Wildman–Crippen LogP) is 0.0785. The van der Waals surface area contributed by atoms with Gasteiger partial charge in [0.1, 0.15) is 13.1 Å². The summed E-state index contributed by atoms with van der Waals surface area (Å²) >= 11 is 0. The topological polar surface area (TPSA) is 107 Å². The summed E-state index contributed by atoms with van der Waals surface area (Å²) in [5.41, 5.74) is 0. The van der Waals surface area contributed by atoms with Crippen molar-refractivity contribution in [3.63, 3.8) is 0 Å². The molecular formula is C12H20N2O6. The fourth-order valence-electron chi connectivity index (χ4n) is 2.20. The minimum absolute atomic E-state index is 0.0748. The summed E-state index contributed by atoms with van der Waals surface area (Å²) in [6.07, 6.45) is 1.52. The molecule has 1 aliphatic rings. The Hall–Kier alpha value is -1.83. The first-order valence-electron chi connectivity index (χ1n) is 6.53. The Labute approximate surface area is 116 Å². The van der Waals surface area contributed by atoms with E-state index in [1.165, 1.54) is 4.90 Å². The SMILES string of the molecule is CCOC1CCCN(C(=O)N(CC(=O)O)CC(=O)O)C1. The molecule has 1 unspecified atom stereocenters. The smallest absolute Gasteiger partial charge is 0.323 e. The minimum Gasteiger partial charge on any atom is -0.480 e. The number of likely N-dealkylation sites (tertiary alicyclic amines) is 1. The van der Waals surface area contributed by atoms with Gasteiger partial charge in [0.2, 0.25) is 0 Å². The molecule has 8 nitrogen and oxygen atoms in total. The van der Waals surface area contributed by atoms with E-state index in [2.05, 4.69) is 0 Å². The highest BCUT2D eigenvalue weighted by Crippen LogP contribution is 2.15. The van der Waals surface area contributed by atoms with Gasteiger partial charge in [-0.1, -0.05) is 0 Å². The summed E-state index contributed by atoms with van der Waals surface area (Å²) in [6.45, 7) is 2.00. The van der Waals surface area contributed by atoms with Gasteiger partial charge in [0.15, 0.2) is 0 Å². The quantitative estimate of drug-likeness (QED) is 0.716. The van der Waals surface area contributed by atoms with Gasteiger partial charge >= 0.3 is 18.0 Å². The summed E-state index contributed by atoms with van der Waals surface area (Å²) in [5, 5.41) is 17.5. The van der Waals surface area contributed by atoms with Gasteiger partial charge in [0.05, 0.1) is 6.10 Å². The molecule has 2 N–H and O–H groups in total. The molecule has 8 heteroatoms. The second kappa shape index (κ2) is 7.68. The second-order valence-electron chi connectivity index (χ2n) is 4.59. The van der Waals surface area contributed by atoms with E-state index in [0.29, 0.717) is 19.7 Å². The Balaban J connectivity index is 2.67. The summed E-state index contributed by atoms with van der Waals surface area (Å²) < 4.78 is 5.46. The van der Waals surface area contributed by atoms with Crippen LogP contribution in [0.4, 0.5) is 4.79 Å². The molecule has 0 aromatic heterocycles. The van der Waals surface area contributed by atoms with Crippen molar-refractivity contribution in [1.29, 1.82) is 0 Å². The van der Waals surface area contributed by atoms with Crippen molar-refractivity contribution in [2.45, 2.75) is 25.9 Å². The zero-order valence-electron chi connectivity index (χ0n) is 11.4. The molecule has 2 amide bonds. The summed E-state index contributed by atoms with van der Waals surface area (Å²) in [7, 11) is 0. The van der Waals surface area contributed by atoms with Crippen LogP contribution in [0.1, 0.15) is 19.8 Å². The molecule has 1 heterocycles. The van der Waals surface area contributed by atoms with E-state index in [-0.39, 0.29) is 6.10 Å². The van der Waals surface area contributed by atoms with Crippen LogP contribution in [0.2, 0.25) is 0 Å². The van der Waals surface area contributed by atoms with Crippen molar-refractivity contribution in [1.82, 2.24) is 9.80 Å². The average Bonchev–Trinajstić information content (AvgIpc) is 2.37. The highest BCUT2D eigenvalue weighted by Gasteiger charge is 2.29. The number of carboxylic acid groups (broad SMARTS) is 2. The summed E-state index contributed by atoms with van der Waals surface area (Å²) in [4.78, 5) is 35.9. The number of nitrogens with zero attached hydrogens (tertiary/aromatic N) is 2. The van der Waals surface area contributed by atoms with E-state index >= 15 is 0 Å². The monoisotopic (exact) mass is 288 g/mol. The number of ether oxygens (including phenoxy) is 1. The van der Waals surface area contributed by atoms with E-state index in [1.54, 1.807) is 0 Å². The zero-order valence-corrected chi connectivity index (χ0v) is 11.4. The van der Waals surface area contributed by atoms with Crippen molar-refractivity contribution in [2.24, 2.45) is 0 Å². The van der Waals surface area contributed by atoms with Gasteiger partial charge in [-0.2, -0.15) is 0 Å². The van der Waals surface area contributed by atoms with Crippen LogP contribution in [0, 0.1) is 0 Å². The first-order valence-corrected chi connectivity index (χ1v) is 6.53. The third-order valence-electron chi connectivity index (χ3n) is 2.97. The zero-order chi connectivity index (χ0) is 15.1. The van der Waals surface area contributed by atoms with Crippen molar-refractivity contribution in [3.05, 3.63) is 0 Å². The van der Waals surface area contributed by atoms with Crippen LogP contribution >= 0.6 is 0 Å². The Kier molecular flexibility index (Phi) is 6.23. The van der Waals surface area contributed by atoms with Crippen molar-refractivity contribution < 1.29 is 29.3 Å². The lowest BCUT2D eigenvalue weighted by Gasteiger charge is -2.35. The molecule has 1 fully saturated rings. The van der Waals surface area contributed by atoms with Crippen LogP contribution in [0.15, 0.2) is 0 Å². The Morgan fingerprint density at radius 3 is 2.35 bits per heavy atom. The number of amides is 2. The van der Waals surface area contributed by atoms with Crippen LogP contribution in [-0.2, 0) is 14.3 Å². The first-order chi connectivity index (χ1) is 9.43. The molecule has 0 spiro atoms. The van der Waals surface area contributed by atoms with Gasteiger partial charge in [0.25, 0.3) is 0 Å². The summed E-state index contributed by atoms with van der Waals surface area (Å²) in [5.74, 6) is -2.48. The first kappa shape index (κ1) is 16.2. The van der Waals surface area contributed by atoms with Crippen LogP contribution in [-0.4, -0.2) is 76.9 Å². The maximum atomic E-state index is 12.2. The molecule has 1 aliphatic heterocycles. The predicted molar refractivity (Wildman–Crippen MR) is 68.5 cm³/mol. The lowest BCUT2D eigenvalue weighted by molar-refractivity contribution is -0.140. The van der Waals surface area contributed by atoms with E-state index in [9.17, 15) is 14.4 Å². The number of hydrogen-bond acceptors (Lipinski definition) is 4. The van der Waals surface area contributed by atoms with E-state index in [1.807, 2.05) is 6.92 Å². The van der Waals surface area contributed by atoms with Gasteiger partial charge in [-0.3, -0.25) is 9.59 Å². The number of hydrogen-bond donors (Lipinski definition) is 2. The number of rotatable bonds is 6. The molecule has 0 radical (unpaired) electrons. The Morgan fingerprint density at radius 1 is 1.25 bits per heavy atom. The van der Waals surface area contributed by atoms with Crippen molar-refractivity contribution in [3.8, 4) is 0 Å². The van der Waals surface area contributed by atoms with Crippen LogP contribution in [0.3, 0.4) is 0 Å². The highest BCUT2D eigenvalue weighted by atomic mass is 16.5. The second-order valence-corrected chi connectivity index (χ2v) is 4.59. The largest absolute Gasteiger partial charge is 0.480 e. The van der Waals surface area contributed by atoms with Gasteiger partial charge in [-0.05, 0) is 19.8 Å². The molecule has 0 aliphatic carbocycles. The molecule has 20 heavy (non-hydrogen) atoms. The standard InChI is InChI=1S/C12H20N2O6/c1-2-20-9-4-3-5-13(6-9)12(19)14(7-10(15)16)8-11(17)18/h9H,2-8H2,1H3,(H,15,16)(H,17,18). The molecule has 0 aromatic carbocycles. The average molecular weight is 288 g/mol. The molecule has 114 valence electrons. The van der Waals surface area contributed by atoms with Gasteiger partial charge in [-0.15, -0.1) is 0 Å². The maximum absolute atomic E-state index is 12.2.